The minimum atomic E-state index is -0.367. The number of carbonyl (C=O) groups is 3. The van der Waals surface area contributed by atoms with E-state index >= 15 is 0 Å². The van der Waals surface area contributed by atoms with Crippen LogP contribution in [0.5, 0.6) is 0 Å². The van der Waals surface area contributed by atoms with Crippen LogP contribution in [0.4, 0.5) is 11.4 Å². The summed E-state index contributed by atoms with van der Waals surface area (Å²) in [4.78, 5) is 35.0. The van der Waals surface area contributed by atoms with Crippen LogP contribution in [0, 0.1) is 5.41 Å². The molecule has 0 aliphatic heterocycles. The zero-order valence-electron chi connectivity index (χ0n) is 14.2. The Hall–Kier alpha value is -3.62. The lowest BCUT2D eigenvalue weighted by atomic mass is 10.2. The molecule has 9 nitrogen and oxygen atoms in total. The molecule has 9 heteroatoms. The number of nitrogens with zero attached hydrogens (tertiary/aromatic N) is 1. The van der Waals surface area contributed by atoms with E-state index < -0.39 is 0 Å². The van der Waals surface area contributed by atoms with Gasteiger partial charge in [0, 0.05) is 37.5 Å². The summed E-state index contributed by atoms with van der Waals surface area (Å²) in [7, 11) is 1.68. The summed E-state index contributed by atoms with van der Waals surface area (Å²) in [6.07, 6.45) is 2.42. The average Bonchev–Trinajstić information content (AvgIpc) is 2.95. The van der Waals surface area contributed by atoms with Crippen molar-refractivity contribution in [1.29, 1.82) is 5.41 Å². The lowest BCUT2D eigenvalue weighted by Gasteiger charge is -2.05. The topological polar surface area (TPSA) is 142 Å². The Morgan fingerprint density at radius 3 is 2.69 bits per heavy atom. The minimum Gasteiger partial charge on any atom is -0.388 e. The van der Waals surface area contributed by atoms with Gasteiger partial charge in [-0.25, -0.2) is 0 Å². The number of carbonyl (C=O) groups excluding carboxylic acids is 3. The number of anilines is 2. The SMILES string of the molecule is Cn1cc(NC(=O)c2cccc(NC=O)c2)cc1C(=O)NCCC(=N)N. The monoisotopic (exact) mass is 356 g/mol. The Kier molecular flexibility index (Phi) is 6.10. The van der Waals surface area contributed by atoms with Crippen LogP contribution >= 0.6 is 0 Å². The molecule has 2 rings (SSSR count). The van der Waals surface area contributed by atoms with E-state index in [4.69, 9.17) is 11.1 Å². The molecular weight excluding hydrogens is 336 g/mol. The second-order valence-corrected chi connectivity index (χ2v) is 5.55. The summed E-state index contributed by atoms with van der Waals surface area (Å²) in [5.41, 5.74) is 6.94. The van der Waals surface area contributed by atoms with Crippen LogP contribution in [0.1, 0.15) is 27.3 Å². The molecule has 0 saturated heterocycles. The van der Waals surface area contributed by atoms with Crippen LogP contribution in [-0.2, 0) is 11.8 Å². The van der Waals surface area contributed by atoms with Gasteiger partial charge in [0.25, 0.3) is 11.8 Å². The molecule has 0 unspecified atom stereocenters. The summed E-state index contributed by atoms with van der Waals surface area (Å²) < 4.78 is 1.59. The molecule has 0 bridgehead atoms. The van der Waals surface area contributed by atoms with Gasteiger partial charge in [-0.1, -0.05) is 6.07 Å². The first-order valence-electron chi connectivity index (χ1n) is 7.79. The highest BCUT2D eigenvalue weighted by Gasteiger charge is 2.14. The summed E-state index contributed by atoms with van der Waals surface area (Å²) in [5, 5.41) is 15.0. The molecule has 26 heavy (non-hydrogen) atoms. The van der Waals surface area contributed by atoms with Crippen molar-refractivity contribution in [3.05, 3.63) is 47.8 Å². The van der Waals surface area contributed by atoms with Crippen molar-refractivity contribution < 1.29 is 14.4 Å². The molecule has 1 aromatic carbocycles. The molecule has 6 N–H and O–H groups in total. The number of benzene rings is 1. The van der Waals surface area contributed by atoms with E-state index in [0.29, 0.717) is 29.0 Å². The van der Waals surface area contributed by atoms with E-state index in [2.05, 4.69) is 16.0 Å². The quantitative estimate of drug-likeness (QED) is 0.272. The van der Waals surface area contributed by atoms with Crippen molar-refractivity contribution in [3.63, 3.8) is 0 Å². The van der Waals surface area contributed by atoms with Crippen LogP contribution in [0.2, 0.25) is 0 Å². The second kappa shape index (κ2) is 8.47. The lowest BCUT2D eigenvalue weighted by molar-refractivity contribution is -0.105. The van der Waals surface area contributed by atoms with Crippen LogP contribution in [0.15, 0.2) is 36.5 Å². The summed E-state index contributed by atoms with van der Waals surface area (Å²) in [6, 6.07) is 8.02. The lowest BCUT2D eigenvalue weighted by Crippen LogP contribution is -2.28. The molecule has 0 saturated carbocycles. The van der Waals surface area contributed by atoms with Crippen molar-refractivity contribution in [1.82, 2.24) is 9.88 Å². The molecule has 0 aliphatic rings. The summed E-state index contributed by atoms with van der Waals surface area (Å²) >= 11 is 0. The zero-order chi connectivity index (χ0) is 19.1. The average molecular weight is 356 g/mol. The Morgan fingerprint density at radius 1 is 1.23 bits per heavy atom. The molecule has 0 aliphatic carbocycles. The normalized spacial score (nSPS) is 10.0. The van der Waals surface area contributed by atoms with E-state index in [1.807, 2.05) is 0 Å². The van der Waals surface area contributed by atoms with Gasteiger partial charge in [0.05, 0.1) is 11.5 Å². The number of hydrogen-bond donors (Lipinski definition) is 5. The van der Waals surface area contributed by atoms with E-state index in [-0.39, 0.29) is 30.6 Å². The van der Waals surface area contributed by atoms with E-state index in [1.165, 1.54) is 0 Å². The smallest absolute Gasteiger partial charge is 0.267 e. The van der Waals surface area contributed by atoms with Crippen LogP contribution in [0.3, 0.4) is 0 Å². The van der Waals surface area contributed by atoms with E-state index in [0.717, 1.165) is 0 Å². The Bertz CT molecular complexity index is 843. The third kappa shape index (κ3) is 4.94. The van der Waals surface area contributed by atoms with Gasteiger partial charge < -0.3 is 26.3 Å². The summed E-state index contributed by atoms with van der Waals surface area (Å²) in [5.74, 6) is -0.698. The van der Waals surface area contributed by atoms with Gasteiger partial charge >= 0.3 is 0 Å². The Labute approximate surface area is 150 Å². The molecule has 136 valence electrons. The standard InChI is InChI=1S/C17H20N6O3/c1-23-9-13(8-14(23)17(26)20-6-5-15(18)19)22-16(25)11-3-2-4-12(7-11)21-10-24/h2-4,7-10H,5-6H2,1H3,(H3,18,19)(H,20,26)(H,21,24)(H,22,25). The molecular formula is C17H20N6O3. The van der Waals surface area contributed by atoms with Crippen molar-refractivity contribution in [2.75, 3.05) is 17.2 Å². The van der Waals surface area contributed by atoms with Gasteiger partial charge in [-0.05, 0) is 24.3 Å². The first-order valence-corrected chi connectivity index (χ1v) is 7.79. The largest absolute Gasteiger partial charge is 0.388 e. The number of amides is 3. The minimum absolute atomic E-state index is 0.00330. The van der Waals surface area contributed by atoms with Crippen molar-refractivity contribution in [2.24, 2.45) is 12.8 Å². The van der Waals surface area contributed by atoms with Crippen LogP contribution in [-0.4, -0.2) is 35.2 Å². The van der Waals surface area contributed by atoms with Gasteiger partial charge in [-0.15, -0.1) is 0 Å². The molecule has 0 spiro atoms. The molecule has 0 fully saturated rings. The Morgan fingerprint density at radius 2 is 2.00 bits per heavy atom. The zero-order valence-corrected chi connectivity index (χ0v) is 14.2. The van der Waals surface area contributed by atoms with Crippen molar-refractivity contribution in [3.8, 4) is 0 Å². The second-order valence-electron chi connectivity index (χ2n) is 5.55. The highest BCUT2D eigenvalue weighted by molar-refractivity contribution is 6.05. The molecule has 1 aromatic heterocycles. The third-order valence-electron chi connectivity index (χ3n) is 3.53. The number of rotatable bonds is 8. The molecule has 2 aromatic rings. The fourth-order valence-corrected chi connectivity index (χ4v) is 2.28. The predicted molar refractivity (Wildman–Crippen MR) is 98.4 cm³/mol. The maximum absolute atomic E-state index is 12.3. The number of nitrogens with one attached hydrogen (secondary N) is 4. The van der Waals surface area contributed by atoms with Gasteiger partial charge in [0.15, 0.2) is 0 Å². The molecule has 0 radical (unpaired) electrons. The molecule has 1 heterocycles. The van der Waals surface area contributed by atoms with Crippen molar-refractivity contribution in [2.45, 2.75) is 6.42 Å². The first kappa shape index (κ1) is 18.7. The number of amidine groups is 1. The highest BCUT2D eigenvalue weighted by atomic mass is 16.2. The summed E-state index contributed by atoms with van der Waals surface area (Å²) in [6.45, 7) is 0.261. The third-order valence-corrected chi connectivity index (χ3v) is 3.53. The first-order chi connectivity index (χ1) is 12.4. The van der Waals surface area contributed by atoms with Gasteiger partial charge in [-0.2, -0.15) is 0 Å². The molecule has 3 amide bonds. The fraction of sp³-hybridized carbons (Fsp3) is 0.176. The number of hydrogen-bond acceptors (Lipinski definition) is 4. The molecule has 0 atom stereocenters. The highest BCUT2D eigenvalue weighted by Crippen LogP contribution is 2.16. The maximum atomic E-state index is 12.3. The number of aryl methyl sites for hydroxylation is 1. The van der Waals surface area contributed by atoms with Gasteiger partial charge in [-0.3, -0.25) is 19.8 Å². The van der Waals surface area contributed by atoms with E-state index in [1.54, 1.807) is 48.1 Å². The van der Waals surface area contributed by atoms with Crippen molar-refractivity contribution >= 4 is 35.4 Å². The Balaban J connectivity index is 2.05. The fourth-order valence-electron chi connectivity index (χ4n) is 2.28. The van der Waals surface area contributed by atoms with Gasteiger partial charge in [0.1, 0.15) is 5.69 Å². The number of aromatic nitrogens is 1. The van der Waals surface area contributed by atoms with Crippen LogP contribution in [0.25, 0.3) is 0 Å². The van der Waals surface area contributed by atoms with Gasteiger partial charge in [0.2, 0.25) is 6.41 Å². The predicted octanol–water partition coefficient (Wildman–Crippen LogP) is 0.902. The maximum Gasteiger partial charge on any atom is 0.267 e. The number of nitrogens with two attached hydrogens (primary N) is 1. The van der Waals surface area contributed by atoms with Crippen LogP contribution < -0.4 is 21.7 Å². The van der Waals surface area contributed by atoms with E-state index in [9.17, 15) is 14.4 Å².